The predicted octanol–water partition coefficient (Wildman–Crippen LogP) is 4.15. The summed E-state index contributed by atoms with van der Waals surface area (Å²) in [4.78, 5) is 8.63. The van der Waals surface area contributed by atoms with Gasteiger partial charge in [-0.3, -0.25) is 4.40 Å². The lowest BCUT2D eigenvalue weighted by Crippen LogP contribution is -2.10. The molecule has 27 heavy (non-hydrogen) atoms. The van der Waals surface area contributed by atoms with Crippen molar-refractivity contribution in [3.05, 3.63) is 78.1 Å². The Morgan fingerprint density at radius 3 is 2.41 bits per heavy atom. The molecule has 0 N–H and O–H groups in total. The standard InChI is InChI=1S/C20H13F3N4/c1-26-13-16(14-6-3-2-4-7-14)25-18(26)11-10-15-12-27-17(20(21,22)23)8-5-9-19(27)24-15/h2-9,12-13H,1H3. The largest absolute Gasteiger partial charge is 0.431 e. The molecule has 3 aromatic heterocycles. The minimum Gasteiger partial charge on any atom is -0.327 e. The van der Waals surface area contributed by atoms with Gasteiger partial charge in [0.1, 0.15) is 17.0 Å². The molecule has 0 aliphatic rings. The van der Waals surface area contributed by atoms with Gasteiger partial charge >= 0.3 is 6.18 Å². The number of fused-ring (bicyclic) bond motifs is 1. The monoisotopic (exact) mass is 366 g/mol. The Kier molecular flexibility index (Phi) is 3.96. The molecule has 4 aromatic rings. The smallest absolute Gasteiger partial charge is 0.327 e. The second kappa shape index (κ2) is 6.32. The second-order valence-corrected chi connectivity index (χ2v) is 5.94. The third-order valence-electron chi connectivity index (χ3n) is 4.03. The first kappa shape index (κ1) is 16.9. The minimum atomic E-state index is -4.46. The SMILES string of the molecule is Cn1cc(-c2ccccc2)nc1C#Cc1cn2c(C(F)(F)F)cccc2n1. The average Bonchev–Trinajstić information content (AvgIpc) is 3.22. The van der Waals surface area contributed by atoms with Gasteiger partial charge in [-0.25, -0.2) is 9.97 Å². The van der Waals surface area contributed by atoms with Crippen molar-refractivity contribution in [2.45, 2.75) is 6.18 Å². The first-order valence-electron chi connectivity index (χ1n) is 8.08. The van der Waals surface area contributed by atoms with E-state index in [2.05, 4.69) is 21.8 Å². The molecule has 0 fully saturated rings. The van der Waals surface area contributed by atoms with Gasteiger partial charge in [-0.15, -0.1) is 0 Å². The summed E-state index contributed by atoms with van der Waals surface area (Å²) in [6.07, 6.45) is -1.33. The van der Waals surface area contributed by atoms with E-state index in [-0.39, 0.29) is 11.3 Å². The highest BCUT2D eigenvalue weighted by Gasteiger charge is 2.33. The van der Waals surface area contributed by atoms with E-state index in [1.165, 1.54) is 18.3 Å². The molecule has 0 atom stereocenters. The predicted molar refractivity (Wildman–Crippen MR) is 94.8 cm³/mol. The number of nitrogens with zero attached hydrogens (tertiary/aromatic N) is 4. The molecule has 0 saturated heterocycles. The number of pyridine rings is 1. The highest BCUT2D eigenvalue weighted by molar-refractivity contribution is 5.59. The van der Waals surface area contributed by atoms with Crippen LogP contribution < -0.4 is 0 Å². The maximum atomic E-state index is 13.1. The Hall–Kier alpha value is -3.53. The zero-order chi connectivity index (χ0) is 19.0. The number of benzene rings is 1. The number of hydrogen-bond acceptors (Lipinski definition) is 2. The van der Waals surface area contributed by atoms with Crippen molar-refractivity contribution in [1.82, 2.24) is 18.9 Å². The van der Waals surface area contributed by atoms with Crippen molar-refractivity contribution < 1.29 is 13.2 Å². The molecular formula is C20H13F3N4. The van der Waals surface area contributed by atoms with E-state index in [9.17, 15) is 13.2 Å². The number of aromatic nitrogens is 4. The molecule has 0 aliphatic heterocycles. The number of aryl methyl sites for hydroxylation is 1. The van der Waals surface area contributed by atoms with Gasteiger partial charge < -0.3 is 4.57 Å². The van der Waals surface area contributed by atoms with Crippen LogP contribution in [0.1, 0.15) is 17.2 Å². The summed E-state index contributed by atoms with van der Waals surface area (Å²) in [6, 6.07) is 13.5. The van der Waals surface area contributed by atoms with E-state index in [1.54, 1.807) is 4.57 Å². The topological polar surface area (TPSA) is 35.1 Å². The summed E-state index contributed by atoms with van der Waals surface area (Å²) in [5.74, 6) is 6.19. The molecule has 7 heteroatoms. The summed E-state index contributed by atoms with van der Waals surface area (Å²) in [5, 5.41) is 0. The van der Waals surface area contributed by atoms with Crippen LogP contribution in [-0.4, -0.2) is 18.9 Å². The molecule has 0 saturated carbocycles. The van der Waals surface area contributed by atoms with E-state index in [0.29, 0.717) is 5.82 Å². The van der Waals surface area contributed by atoms with Crippen LogP contribution in [0, 0.1) is 11.8 Å². The highest BCUT2D eigenvalue weighted by atomic mass is 19.4. The molecule has 0 unspecified atom stereocenters. The van der Waals surface area contributed by atoms with Crippen LogP contribution in [0.3, 0.4) is 0 Å². The quantitative estimate of drug-likeness (QED) is 0.474. The van der Waals surface area contributed by atoms with Gasteiger partial charge in [0, 0.05) is 25.0 Å². The van der Waals surface area contributed by atoms with Gasteiger partial charge in [-0.05, 0) is 24.0 Å². The number of rotatable bonds is 1. The van der Waals surface area contributed by atoms with Crippen molar-refractivity contribution in [2.75, 3.05) is 0 Å². The van der Waals surface area contributed by atoms with Gasteiger partial charge in [0.2, 0.25) is 0 Å². The Labute approximate surface area is 152 Å². The van der Waals surface area contributed by atoms with Crippen molar-refractivity contribution in [1.29, 1.82) is 0 Å². The Morgan fingerprint density at radius 2 is 1.67 bits per heavy atom. The molecule has 1 aromatic carbocycles. The van der Waals surface area contributed by atoms with E-state index >= 15 is 0 Å². The van der Waals surface area contributed by atoms with Crippen LogP contribution in [0.25, 0.3) is 16.9 Å². The molecule has 4 rings (SSSR count). The summed E-state index contributed by atoms with van der Waals surface area (Å²) in [6.45, 7) is 0. The molecule has 0 spiro atoms. The molecule has 0 radical (unpaired) electrons. The molecule has 3 heterocycles. The molecule has 4 nitrogen and oxygen atoms in total. The number of hydrogen-bond donors (Lipinski definition) is 0. The van der Waals surface area contributed by atoms with Crippen LogP contribution in [0.4, 0.5) is 13.2 Å². The highest BCUT2D eigenvalue weighted by Crippen LogP contribution is 2.29. The van der Waals surface area contributed by atoms with E-state index in [4.69, 9.17) is 0 Å². The van der Waals surface area contributed by atoms with Gasteiger partial charge in [0.05, 0.1) is 5.69 Å². The Bertz CT molecular complexity index is 1170. The maximum absolute atomic E-state index is 13.1. The lowest BCUT2D eigenvalue weighted by Gasteiger charge is -2.08. The Balaban J connectivity index is 1.70. The molecular weight excluding hydrogens is 353 g/mol. The van der Waals surface area contributed by atoms with E-state index in [1.807, 2.05) is 43.6 Å². The molecule has 0 bridgehead atoms. The first-order chi connectivity index (χ1) is 12.9. The van der Waals surface area contributed by atoms with E-state index in [0.717, 1.165) is 21.7 Å². The summed E-state index contributed by atoms with van der Waals surface area (Å²) < 4.78 is 42.1. The van der Waals surface area contributed by atoms with E-state index < -0.39 is 11.9 Å². The Morgan fingerprint density at radius 1 is 0.889 bits per heavy atom. The van der Waals surface area contributed by atoms with Gasteiger partial charge in [-0.2, -0.15) is 13.2 Å². The number of halogens is 3. The zero-order valence-corrected chi connectivity index (χ0v) is 14.2. The van der Waals surface area contributed by atoms with Gasteiger partial charge in [0.15, 0.2) is 5.82 Å². The van der Waals surface area contributed by atoms with Crippen LogP contribution in [-0.2, 0) is 13.2 Å². The van der Waals surface area contributed by atoms with Crippen LogP contribution in [0.15, 0.2) is 60.9 Å². The zero-order valence-electron chi connectivity index (χ0n) is 14.2. The van der Waals surface area contributed by atoms with Crippen molar-refractivity contribution in [2.24, 2.45) is 7.05 Å². The third-order valence-corrected chi connectivity index (χ3v) is 4.03. The molecule has 0 amide bonds. The fraction of sp³-hybridized carbons (Fsp3) is 0.100. The van der Waals surface area contributed by atoms with Gasteiger partial charge in [-0.1, -0.05) is 36.4 Å². The fourth-order valence-corrected chi connectivity index (χ4v) is 2.75. The molecule has 0 aliphatic carbocycles. The minimum absolute atomic E-state index is 0.193. The van der Waals surface area contributed by atoms with Crippen LogP contribution >= 0.6 is 0 Å². The van der Waals surface area contributed by atoms with Crippen LogP contribution in [0.2, 0.25) is 0 Å². The normalized spacial score (nSPS) is 11.4. The fourth-order valence-electron chi connectivity index (χ4n) is 2.75. The lowest BCUT2D eigenvalue weighted by atomic mass is 10.2. The first-order valence-corrected chi connectivity index (χ1v) is 8.08. The lowest BCUT2D eigenvalue weighted by molar-refractivity contribution is -0.142. The maximum Gasteiger partial charge on any atom is 0.431 e. The van der Waals surface area contributed by atoms with Crippen LogP contribution in [0.5, 0.6) is 0 Å². The molecule has 134 valence electrons. The third kappa shape index (κ3) is 3.29. The number of imidazole rings is 2. The second-order valence-electron chi connectivity index (χ2n) is 5.94. The average molecular weight is 366 g/mol. The summed E-state index contributed by atoms with van der Waals surface area (Å²) >= 11 is 0. The summed E-state index contributed by atoms with van der Waals surface area (Å²) in [7, 11) is 1.81. The summed E-state index contributed by atoms with van der Waals surface area (Å²) in [5.41, 5.74) is 1.39. The van der Waals surface area contributed by atoms with Crippen molar-refractivity contribution >= 4 is 5.65 Å². The van der Waals surface area contributed by atoms with Crippen molar-refractivity contribution in [3.63, 3.8) is 0 Å². The van der Waals surface area contributed by atoms with Crippen molar-refractivity contribution in [3.8, 4) is 23.1 Å². The number of alkyl halides is 3. The van der Waals surface area contributed by atoms with Gasteiger partial charge in [0.25, 0.3) is 0 Å².